The van der Waals surface area contributed by atoms with Crippen LogP contribution in [-0.4, -0.2) is 47.6 Å². The number of benzene rings is 1. The minimum absolute atomic E-state index is 0.0916. The van der Waals surface area contributed by atoms with E-state index in [9.17, 15) is 14.7 Å². The number of nitrogens with one attached hydrogen (secondary N) is 1. The molecule has 1 fully saturated rings. The predicted octanol–water partition coefficient (Wildman–Crippen LogP) is 2.08. The standard InChI is InChI=1S/C17H23ClN2O3/c1-12(21)14-8-10-20(11-14)16(22)3-2-9-19-17(23)13-4-6-15(18)7-5-13/h4-7,12,14,21H,2-3,8-11H2,1H3,(H,19,23). The Morgan fingerprint density at radius 1 is 1.39 bits per heavy atom. The summed E-state index contributed by atoms with van der Waals surface area (Å²) < 4.78 is 0. The highest BCUT2D eigenvalue weighted by Gasteiger charge is 2.28. The Hall–Kier alpha value is -1.59. The number of carbonyl (C=O) groups excluding carboxylic acids is 2. The Balaban J connectivity index is 1.66. The van der Waals surface area contributed by atoms with Crippen molar-refractivity contribution in [1.82, 2.24) is 10.2 Å². The molecule has 1 aromatic carbocycles. The first-order chi connectivity index (χ1) is 11.0. The Kier molecular flexibility index (Phi) is 6.42. The quantitative estimate of drug-likeness (QED) is 0.780. The van der Waals surface area contributed by atoms with Crippen molar-refractivity contribution in [2.45, 2.75) is 32.3 Å². The van der Waals surface area contributed by atoms with E-state index in [4.69, 9.17) is 11.6 Å². The lowest BCUT2D eigenvalue weighted by Gasteiger charge is -2.17. The average molecular weight is 339 g/mol. The summed E-state index contributed by atoms with van der Waals surface area (Å²) in [6, 6.07) is 6.68. The molecule has 2 amide bonds. The molecule has 1 aliphatic heterocycles. The van der Waals surface area contributed by atoms with Gasteiger partial charge in [0.15, 0.2) is 0 Å². The molecule has 0 bridgehead atoms. The molecule has 6 heteroatoms. The minimum Gasteiger partial charge on any atom is -0.393 e. The van der Waals surface area contributed by atoms with Crippen LogP contribution in [0, 0.1) is 5.92 Å². The van der Waals surface area contributed by atoms with E-state index in [0.29, 0.717) is 43.1 Å². The molecule has 0 saturated carbocycles. The largest absolute Gasteiger partial charge is 0.393 e. The highest BCUT2D eigenvalue weighted by Crippen LogP contribution is 2.20. The number of carbonyl (C=O) groups is 2. The molecular weight excluding hydrogens is 316 g/mol. The van der Waals surface area contributed by atoms with Crippen molar-refractivity contribution in [3.05, 3.63) is 34.9 Å². The average Bonchev–Trinajstić information content (AvgIpc) is 3.02. The van der Waals surface area contributed by atoms with Crippen LogP contribution in [0.25, 0.3) is 0 Å². The van der Waals surface area contributed by atoms with Crippen LogP contribution in [0.4, 0.5) is 0 Å². The number of hydrogen-bond donors (Lipinski definition) is 2. The number of nitrogens with zero attached hydrogens (tertiary/aromatic N) is 1. The number of aliphatic hydroxyl groups is 1. The van der Waals surface area contributed by atoms with Crippen molar-refractivity contribution in [3.63, 3.8) is 0 Å². The van der Waals surface area contributed by atoms with Crippen LogP contribution in [-0.2, 0) is 4.79 Å². The second-order valence-electron chi connectivity index (χ2n) is 6.00. The summed E-state index contributed by atoms with van der Waals surface area (Å²) in [5.74, 6) is 0.113. The number of likely N-dealkylation sites (tertiary alicyclic amines) is 1. The van der Waals surface area contributed by atoms with Crippen molar-refractivity contribution in [2.24, 2.45) is 5.92 Å². The fourth-order valence-electron chi connectivity index (χ4n) is 2.71. The van der Waals surface area contributed by atoms with Crippen LogP contribution in [0.1, 0.15) is 36.5 Å². The third-order valence-electron chi connectivity index (χ3n) is 4.22. The van der Waals surface area contributed by atoms with Crippen LogP contribution in [0.15, 0.2) is 24.3 Å². The Bertz CT molecular complexity index is 545. The van der Waals surface area contributed by atoms with Crippen LogP contribution < -0.4 is 5.32 Å². The summed E-state index contributed by atoms with van der Waals surface area (Å²) in [4.78, 5) is 25.8. The predicted molar refractivity (Wildman–Crippen MR) is 89.4 cm³/mol. The van der Waals surface area contributed by atoms with E-state index in [0.717, 1.165) is 6.42 Å². The highest BCUT2D eigenvalue weighted by molar-refractivity contribution is 6.30. The highest BCUT2D eigenvalue weighted by atomic mass is 35.5. The first kappa shape index (κ1) is 17.8. The van der Waals surface area contributed by atoms with Gasteiger partial charge < -0.3 is 15.3 Å². The molecule has 0 spiro atoms. The van der Waals surface area contributed by atoms with E-state index in [1.807, 2.05) is 0 Å². The maximum Gasteiger partial charge on any atom is 0.251 e. The van der Waals surface area contributed by atoms with E-state index in [-0.39, 0.29) is 23.8 Å². The van der Waals surface area contributed by atoms with E-state index < -0.39 is 0 Å². The molecule has 126 valence electrons. The maximum atomic E-state index is 12.1. The molecule has 5 nitrogen and oxygen atoms in total. The van der Waals surface area contributed by atoms with Gasteiger partial charge in [-0.1, -0.05) is 11.6 Å². The first-order valence-corrected chi connectivity index (χ1v) is 8.35. The summed E-state index contributed by atoms with van der Waals surface area (Å²) in [5.41, 5.74) is 0.556. The fourth-order valence-corrected chi connectivity index (χ4v) is 2.84. The van der Waals surface area contributed by atoms with Gasteiger partial charge in [0.1, 0.15) is 0 Å². The van der Waals surface area contributed by atoms with Gasteiger partial charge >= 0.3 is 0 Å². The van der Waals surface area contributed by atoms with Gasteiger partial charge in [0.25, 0.3) is 5.91 Å². The van der Waals surface area contributed by atoms with E-state index in [1.165, 1.54) is 0 Å². The number of rotatable bonds is 6. The lowest BCUT2D eigenvalue weighted by atomic mass is 10.0. The topological polar surface area (TPSA) is 69.6 Å². The Labute approximate surface area is 141 Å². The Morgan fingerprint density at radius 3 is 2.70 bits per heavy atom. The first-order valence-electron chi connectivity index (χ1n) is 7.97. The molecule has 1 aromatic rings. The van der Waals surface area contributed by atoms with Crippen molar-refractivity contribution in [2.75, 3.05) is 19.6 Å². The smallest absolute Gasteiger partial charge is 0.251 e. The lowest BCUT2D eigenvalue weighted by Crippen LogP contribution is -2.31. The third kappa shape index (κ3) is 5.22. The molecule has 0 aliphatic carbocycles. The molecule has 0 radical (unpaired) electrons. The van der Waals surface area contributed by atoms with Crippen molar-refractivity contribution < 1.29 is 14.7 Å². The van der Waals surface area contributed by atoms with Crippen LogP contribution >= 0.6 is 11.6 Å². The number of halogens is 1. The number of hydrogen-bond acceptors (Lipinski definition) is 3. The Morgan fingerprint density at radius 2 is 2.09 bits per heavy atom. The summed E-state index contributed by atoms with van der Waals surface area (Å²) >= 11 is 5.78. The van der Waals surface area contributed by atoms with Crippen LogP contribution in [0.3, 0.4) is 0 Å². The van der Waals surface area contributed by atoms with Gasteiger partial charge in [-0.3, -0.25) is 9.59 Å². The molecule has 2 N–H and O–H groups in total. The summed E-state index contributed by atoms with van der Waals surface area (Å²) in [6.45, 7) is 3.57. The summed E-state index contributed by atoms with van der Waals surface area (Å²) in [7, 11) is 0. The lowest BCUT2D eigenvalue weighted by molar-refractivity contribution is -0.130. The molecular formula is C17H23ClN2O3. The fraction of sp³-hybridized carbons (Fsp3) is 0.529. The van der Waals surface area contributed by atoms with Gasteiger partial charge in [-0.15, -0.1) is 0 Å². The van der Waals surface area contributed by atoms with Gasteiger partial charge in [0.2, 0.25) is 5.91 Å². The zero-order chi connectivity index (χ0) is 16.8. The van der Waals surface area contributed by atoms with E-state index in [1.54, 1.807) is 36.1 Å². The SMILES string of the molecule is CC(O)C1CCN(C(=O)CCCNC(=O)c2ccc(Cl)cc2)C1. The maximum absolute atomic E-state index is 12.1. The van der Waals surface area contributed by atoms with E-state index in [2.05, 4.69) is 5.32 Å². The van der Waals surface area contributed by atoms with E-state index >= 15 is 0 Å². The number of aliphatic hydroxyl groups excluding tert-OH is 1. The summed E-state index contributed by atoms with van der Waals surface area (Å²) in [6.07, 6.45) is 1.50. The van der Waals surface area contributed by atoms with Gasteiger partial charge in [-0.2, -0.15) is 0 Å². The molecule has 23 heavy (non-hydrogen) atoms. The second-order valence-corrected chi connectivity index (χ2v) is 6.43. The van der Waals surface area contributed by atoms with Gasteiger partial charge in [0, 0.05) is 42.6 Å². The zero-order valence-corrected chi connectivity index (χ0v) is 14.1. The minimum atomic E-state index is -0.369. The van der Waals surface area contributed by atoms with Crippen LogP contribution in [0.5, 0.6) is 0 Å². The van der Waals surface area contributed by atoms with Crippen LogP contribution in [0.2, 0.25) is 5.02 Å². The van der Waals surface area contributed by atoms with Crippen molar-refractivity contribution >= 4 is 23.4 Å². The molecule has 2 rings (SSSR count). The normalized spacial score (nSPS) is 18.7. The molecule has 2 unspecified atom stereocenters. The number of amides is 2. The van der Waals surface area contributed by atoms with Crippen molar-refractivity contribution in [1.29, 1.82) is 0 Å². The molecule has 1 heterocycles. The second kappa shape index (κ2) is 8.31. The molecule has 1 aliphatic rings. The van der Waals surface area contributed by atoms with Gasteiger partial charge in [-0.05, 0) is 44.0 Å². The van der Waals surface area contributed by atoms with Crippen molar-refractivity contribution in [3.8, 4) is 0 Å². The monoisotopic (exact) mass is 338 g/mol. The van der Waals surface area contributed by atoms with Gasteiger partial charge in [-0.25, -0.2) is 0 Å². The molecule has 2 atom stereocenters. The van der Waals surface area contributed by atoms with Gasteiger partial charge in [0.05, 0.1) is 6.10 Å². The summed E-state index contributed by atoms with van der Waals surface area (Å²) in [5, 5.41) is 12.9. The molecule has 0 aromatic heterocycles. The molecule has 1 saturated heterocycles. The zero-order valence-electron chi connectivity index (χ0n) is 13.3. The third-order valence-corrected chi connectivity index (χ3v) is 4.47.